The number of nitrogens with zero attached hydrogens (tertiary/aromatic N) is 1. The largest absolute Gasteiger partial charge is 0.387 e. The number of hydrogen-bond acceptors (Lipinski definition) is 2. The standard InChI is InChI=1S/C16H13Cl2NO/c1-10-2-4-11(5-3-10)15-9-16(20-19-15)12-6-7-13(17)14(18)8-12/h2-8,16H,9H2,1H3/t16-/m1/s1. The van der Waals surface area contributed by atoms with E-state index in [1.165, 1.54) is 5.56 Å². The molecule has 0 aliphatic carbocycles. The van der Waals surface area contributed by atoms with Crippen molar-refractivity contribution in [3.8, 4) is 0 Å². The second-order valence-electron chi connectivity index (χ2n) is 4.88. The van der Waals surface area contributed by atoms with E-state index in [1.54, 1.807) is 6.07 Å². The highest BCUT2D eigenvalue weighted by Crippen LogP contribution is 2.33. The highest BCUT2D eigenvalue weighted by Gasteiger charge is 2.24. The van der Waals surface area contributed by atoms with Crippen LogP contribution in [0.25, 0.3) is 0 Å². The smallest absolute Gasteiger partial charge is 0.158 e. The van der Waals surface area contributed by atoms with Crippen LogP contribution in [0, 0.1) is 6.92 Å². The molecular formula is C16H13Cl2NO. The van der Waals surface area contributed by atoms with Crippen molar-refractivity contribution in [3.05, 3.63) is 69.2 Å². The van der Waals surface area contributed by atoms with Crippen molar-refractivity contribution >= 4 is 28.9 Å². The van der Waals surface area contributed by atoms with Crippen LogP contribution in [0.4, 0.5) is 0 Å². The third-order valence-corrected chi connectivity index (χ3v) is 4.11. The van der Waals surface area contributed by atoms with Crippen molar-refractivity contribution in [2.24, 2.45) is 5.16 Å². The highest BCUT2D eigenvalue weighted by molar-refractivity contribution is 6.42. The molecule has 2 aromatic rings. The van der Waals surface area contributed by atoms with Crippen LogP contribution in [0.2, 0.25) is 10.0 Å². The maximum atomic E-state index is 6.04. The Hall–Kier alpha value is -1.51. The fourth-order valence-corrected chi connectivity index (χ4v) is 2.49. The summed E-state index contributed by atoms with van der Waals surface area (Å²) >= 11 is 12.0. The van der Waals surface area contributed by atoms with Crippen molar-refractivity contribution in [2.75, 3.05) is 0 Å². The molecule has 2 aromatic carbocycles. The molecule has 4 heteroatoms. The van der Waals surface area contributed by atoms with Gasteiger partial charge in [-0.25, -0.2) is 0 Å². The quantitative estimate of drug-likeness (QED) is 0.750. The van der Waals surface area contributed by atoms with E-state index in [-0.39, 0.29) is 6.10 Å². The molecule has 1 heterocycles. The van der Waals surface area contributed by atoms with Gasteiger partial charge in [-0.2, -0.15) is 0 Å². The summed E-state index contributed by atoms with van der Waals surface area (Å²) in [5.74, 6) is 0. The van der Waals surface area contributed by atoms with Gasteiger partial charge in [0.1, 0.15) is 0 Å². The molecule has 3 rings (SSSR count). The predicted molar refractivity (Wildman–Crippen MR) is 82.6 cm³/mol. The monoisotopic (exact) mass is 305 g/mol. The molecule has 0 radical (unpaired) electrons. The van der Waals surface area contributed by atoms with Crippen LogP contribution in [0.15, 0.2) is 47.6 Å². The van der Waals surface area contributed by atoms with Gasteiger partial charge in [0.2, 0.25) is 0 Å². The van der Waals surface area contributed by atoms with Gasteiger partial charge in [0.15, 0.2) is 6.10 Å². The number of halogens is 2. The van der Waals surface area contributed by atoms with Crippen LogP contribution >= 0.6 is 23.2 Å². The molecule has 0 fully saturated rings. The lowest BCUT2D eigenvalue weighted by Gasteiger charge is -2.09. The first-order valence-electron chi connectivity index (χ1n) is 6.38. The molecule has 0 amide bonds. The van der Waals surface area contributed by atoms with Crippen LogP contribution < -0.4 is 0 Å². The summed E-state index contributed by atoms with van der Waals surface area (Å²) < 4.78 is 0. The molecule has 0 bridgehead atoms. The molecule has 0 unspecified atom stereocenters. The molecule has 0 saturated heterocycles. The van der Waals surface area contributed by atoms with Gasteiger partial charge >= 0.3 is 0 Å². The topological polar surface area (TPSA) is 21.6 Å². The molecule has 2 nitrogen and oxygen atoms in total. The Morgan fingerprint density at radius 2 is 1.80 bits per heavy atom. The van der Waals surface area contributed by atoms with Crippen LogP contribution in [0.1, 0.15) is 29.2 Å². The molecule has 0 aromatic heterocycles. The van der Waals surface area contributed by atoms with Gasteiger partial charge in [0.25, 0.3) is 0 Å². The number of benzene rings is 2. The number of rotatable bonds is 2. The number of oxime groups is 1. The summed E-state index contributed by atoms with van der Waals surface area (Å²) in [4.78, 5) is 5.52. The minimum atomic E-state index is -0.0962. The average Bonchev–Trinajstić information content (AvgIpc) is 2.92. The van der Waals surface area contributed by atoms with E-state index in [0.29, 0.717) is 10.0 Å². The zero-order chi connectivity index (χ0) is 14.1. The fourth-order valence-electron chi connectivity index (χ4n) is 2.19. The predicted octanol–water partition coefficient (Wildman–Crippen LogP) is 5.17. The van der Waals surface area contributed by atoms with Crippen LogP contribution in [-0.2, 0) is 4.84 Å². The van der Waals surface area contributed by atoms with Gasteiger partial charge in [-0.1, -0.05) is 64.3 Å². The molecule has 1 atom stereocenters. The van der Waals surface area contributed by atoms with Crippen LogP contribution in [-0.4, -0.2) is 5.71 Å². The van der Waals surface area contributed by atoms with Gasteiger partial charge in [-0.15, -0.1) is 0 Å². The maximum Gasteiger partial charge on any atom is 0.158 e. The lowest BCUT2D eigenvalue weighted by atomic mass is 10.00. The van der Waals surface area contributed by atoms with E-state index >= 15 is 0 Å². The Bertz CT molecular complexity index is 665. The first-order chi connectivity index (χ1) is 9.63. The van der Waals surface area contributed by atoms with Crippen molar-refractivity contribution in [1.82, 2.24) is 0 Å². The second-order valence-corrected chi connectivity index (χ2v) is 5.69. The maximum absolute atomic E-state index is 6.04. The average molecular weight is 306 g/mol. The van der Waals surface area contributed by atoms with Crippen molar-refractivity contribution in [3.63, 3.8) is 0 Å². The van der Waals surface area contributed by atoms with Gasteiger partial charge in [-0.3, -0.25) is 0 Å². The Labute approximate surface area is 128 Å². The summed E-state index contributed by atoms with van der Waals surface area (Å²) in [6, 6.07) is 13.8. The summed E-state index contributed by atoms with van der Waals surface area (Å²) in [6.07, 6.45) is 0.641. The molecule has 0 spiro atoms. The summed E-state index contributed by atoms with van der Waals surface area (Å²) in [6.45, 7) is 2.06. The summed E-state index contributed by atoms with van der Waals surface area (Å²) in [5.41, 5.74) is 4.28. The highest BCUT2D eigenvalue weighted by atomic mass is 35.5. The van der Waals surface area contributed by atoms with E-state index in [4.69, 9.17) is 28.0 Å². The molecular weight excluding hydrogens is 293 g/mol. The molecule has 20 heavy (non-hydrogen) atoms. The van der Waals surface area contributed by atoms with E-state index in [0.717, 1.165) is 23.3 Å². The number of hydrogen-bond donors (Lipinski definition) is 0. The van der Waals surface area contributed by atoms with E-state index in [1.807, 2.05) is 12.1 Å². The lowest BCUT2D eigenvalue weighted by Crippen LogP contribution is -2.01. The SMILES string of the molecule is Cc1ccc(C2=NO[C@@H](c3ccc(Cl)c(Cl)c3)C2)cc1. The van der Waals surface area contributed by atoms with Gasteiger partial charge in [0.05, 0.1) is 15.8 Å². The summed E-state index contributed by atoms with van der Waals surface area (Å²) in [7, 11) is 0. The van der Waals surface area contributed by atoms with Crippen molar-refractivity contribution in [2.45, 2.75) is 19.4 Å². The zero-order valence-electron chi connectivity index (χ0n) is 10.9. The Balaban J connectivity index is 1.78. The Morgan fingerprint density at radius 3 is 2.50 bits per heavy atom. The van der Waals surface area contributed by atoms with E-state index in [2.05, 4.69) is 36.3 Å². The molecule has 0 saturated carbocycles. The minimum Gasteiger partial charge on any atom is -0.387 e. The van der Waals surface area contributed by atoms with Crippen molar-refractivity contribution in [1.29, 1.82) is 0 Å². The first-order valence-corrected chi connectivity index (χ1v) is 7.14. The van der Waals surface area contributed by atoms with Crippen molar-refractivity contribution < 1.29 is 4.84 Å². The normalized spacial score (nSPS) is 17.8. The van der Waals surface area contributed by atoms with Crippen LogP contribution in [0.5, 0.6) is 0 Å². The first kappa shape index (κ1) is 13.5. The third-order valence-electron chi connectivity index (χ3n) is 3.37. The Morgan fingerprint density at radius 1 is 1.05 bits per heavy atom. The summed E-state index contributed by atoms with van der Waals surface area (Å²) in [5, 5.41) is 5.27. The molecule has 1 aliphatic rings. The molecule has 0 N–H and O–H groups in total. The zero-order valence-corrected chi connectivity index (χ0v) is 12.4. The van der Waals surface area contributed by atoms with E-state index in [9.17, 15) is 0 Å². The minimum absolute atomic E-state index is 0.0962. The van der Waals surface area contributed by atoms with Gasteiger partial charge < -0.3 is 4.84 Å². The van der Waals surface area contributed by atoms with Crippen LogP contribution in [0.3, 0.4) is 0 Å². The lowest BCUT2D eigenvalue weighted by molar-refractivity contribution is 0.0857. The second kappa shape index (κ2) is 5.47. The molecule has 102 valence electrons. The third kappa shape index (κ3) is 2.67. The fraction of sp³-hybridized carbons (Fsp3) is 0.188. The Kier molecular flexibility index (Phi) is 3.68. The van der Waals surface area contributed by atoms with Gasteiger partial charge in [-0.05, 0) is 30.2 Å². The van der Waals surface area contributed by atoms with E-state index < -0.39 is 0 Å². The molecule has 1 aliphatic heterocycles. The number of aryl methyl sites for hydroxylation is 1. The van der Waals surface area contributed by atoms with Gasteiger partial charge in [0, 0.05) is 6.42 Å².